The van der Waals surface area contributed by atoms with Gasteiger partial charge < -0.3 is 14.5 Å². The summed E-state index contributed by atoms with van der Waals surface area (Å²) in [7, 11) is 0. The van der Waals surface area contributed by atoms with E-state index in [0.717, 1.165) is 43.1 Å². The summed E-state index contributed by atoms with van der Waals surface area (Å²) in [5.41, 5.74) is 5.13. The second kappa shape index (κ2) is 9.91. The predicted octanol–water partition coefficient (Wildman–Crippen LogP) is 1.32. The second-order valence-electron chi connectivity index (χ2n) is 7.34. The van der Waals surface area contributed by atoms with Crippen molar-refractivity contribution >= 4 is 28.7 Å². The van der Waals surface area contributed by atoms with Gasteiger partial charge in [-0.3, -0.25) is 25.2 Å². The number of fused-ring (bicyclic) bond motifs is 1. The van der Waals surface area contributed by atoms with Gasteiger partial charge in [0.1, 0.15) is 11.3 Å². The summed E-state index contributed by atoms with van der Waals surface area (Å²) in [4.78, 5) is 47.1. The lowest BCUT2D eigenvalue weighted by atomic mass is 9.89. The minimum Gasteiger partial charge on any atom is -0.484 e. The summed E-state index contributed by atoms with van der Waals surface area (Å²) in [5.74, 6) is -0.928. The lowest BCUT2D eigenvalue weighted by Crippen LogP contribution is -2.48. The van der Waals surface area contributed by atoms with E-state index in [1.165, 1.54) is 12.1 Å². The van der Waals surface area contributed by atoms with Crippen LogP contribution in [-0.4, -0.2) is 30.9 Å². The largest absolute Gasteiger partial charge is 0.484 e. The number of hydrogen-bond donors (Lipinski definition) is 3. The Balaban J connectivity index is 1.40. The fourth-order valence-electron chi connectivity index (χ4n) is 3.44. The van der Waals surface area contributed by atoms with Crippen LogP contribution in [-0.2, 0) is 14.4 Å². The molecule has 9 heteroatoms. The van der Waals surface area contributed by atoms with Gasteiger partial charge in [0, 0.05) is 23.4 Å². The third kappa shape index (κ3) is 5.82. The highest BCUT2D eigenvalue weighted by molar-refractivity contribution is 5.87. The highest BCUT2D eigenvalue weighted by Crippen LogP contribution is 2.23. The molecular weight excluding hydrogens is 390 g/mol. The van der Waals surface area contributed by atoms with E-state index in [2.05, 4.69) is 16.2 Å². The standard InChI is InChI=1S/C21H25N3O6/c1-13-9-20(27)30-17-10-15(7-8-16(13)17)29-12-19(26)24-23-18(25)11-22-21(28)14-5-3-2-4-6-14/h7-10,14H,2-6,11-12H2,1H3,(H,22,28)(H,23,25)(H,24,26). The molecule has 0 spiro atoms. The summed E-state index contributed by atoms with van der Waals surface area (Å²) in [6.07, 6.45) is 4.90. The Hall–Kier alpha value is -3.36. The van der Waals surface area contributed by atoms with Crippen LogP contribution in [0.3, 0.4) is 0 Å². The number of benzene rings is 1. The molecule has 1 aromatic carbocycles. The molecule has 0 aliphatic heterocycles. The fraction of sp³-hybridized carbons (Fsp3) is 0.429. The van der Waals surface area contributed by atoms with Crippen LogP contribution in [0.5, 0.6) is 5.75 Å². The molecule has 1 fully saturated rings. The number of carbonyl (C=O) groups excluding carboxylic acids is 3. The van der Waals surface area contributed by atoms with Gasteiger partial charge >= 0.3 is 5.63 Å². The zero-order valence-electron chi connectivity index (χ0n) is 16.8. The predicted molar refractivity (Wildman–Crippen MR) is 109 cm³/mol. The highest BCUT2D eigenvalue weighted by Gasteiger charge is 2.21. The molecule has 0 unspecified atom stereocenters. The normalized spacial score (nSPS) is 14.2. The van der Waals surface area contributed by atoms with E-state index < -0.39 is 17.4 Å². The van der Waals surface area contributed by atoms with Crippen LogP contribution in [0.4, 0.5) is 0 Å². The zero-order valence-corrected chi connectivity index (χ0v) is 16.8. The van der Waals surface area contributed by atoms with Gasteiger partial charge in [0.05, 0.1) is 6.54 Å². The summed E-state index contributed by atoms with van der Waals surface area (Å²) < 4.78 is 10.5. The zero-order chi connectivity index (χ0) is 21.5. The van der Waals surface area contributed by atoms with Crippen molar-refractivity contribution < 1.29 is 23.5 Å². The molecule has 0 bridgehead atoms. The molecule has 1 aliphatic carbocycles. The van der Waals surface area contributed by atoms with Gasteiger partial charge in [-0.25, -0.2) is 4.79 Å². The molecule has 160 valence electrons. The van der Waals surface area contributed by atoms with Crippen molar-refractivity contribution in [1.82, 2.24) is 16.2 Å². The quantitative estimate of drug-likeness (QED) is 0.483. The summed E-state index contributed by atoms with van der Waals surface area (Å²) >= 11 is 0. The van der Waals surface area contributed by atoms with Crippen molar-refractivity contribution in [2.45, 2.75) is 39.0 Å². The molecular formula is C21H25N3O6. The van der Waals surface area contributed by atoms with Gasteiger partial charge in [-0.2, -0.15) is 0 Å². The van der Waals surface area contributed by atoms with E-state index in [1.54, 1.807) is 19.1 Å². The van der Waals surface area contributed by atoms with Crippen LogP contribution in [0, 0.1) is 12.8 Å². The van der Waals surface area contributed by atoms with E-state index in [1.807, 2.05) is 0 Å². The summed E-state index contributed by atoms with van der Waals surface area (Å²) in [6, 6.07) is 6.31. The number of ether oxygens (including phenoxy) is 1. The van der Waals surface area contributed by atoms with Gasteiger partial charge in [0.2, 0.25) is 5.91 Å². The van der Waals surface area contributed by atoms with Gasteiger partial charge in [-0.15, -0.1) is 0 Å². The molecule has 1 aromatic heterocycles. The molecule has 1 aliphatic rings. The number of hydrazine groups is 1. The molecule has 0 atom stereocenters. The van der Waals surface area contributed by atoms with Crippen LogP contribution in [0.2, 0.25) is 0 Å². The second-order valence-corrected chi connectivity index (χ2v) is 7.34. The average molecular weight is 415 g/mol. The Morgan fingerprint density at radius 1 is 1.07 bits per heavy atom. The number of amides is 3. The van der Waals surface area contributed by atoms with Gasteiger partial charge in [-0.05, 0) is 37.5 Å². The lowest BCUT2D eigenvalue weighted by Gasteiger charge is -2.20. The molecule has 1 heterocycles. The van der Waals surface area contributed by atoms with Crippen molar-refractivity contribution in [3.8, 4) is 5.75 Å². The molecule has 9 nitrogen and oxygen atoms in total. The number of nitrogens with one attached hydrogen (secondary N) is 3. The van der Waals surface area contributed by atoms with E-state index in [4.69, 9.17) is 9.15 Å². The topological polar surface area (TPSA) is 127 Å². The first-order chi connectivity index (χ1) is 14.4. The molecule has 3 N–H and O–H groups in total. The summed E-state index contributed by atoms with van der Waals surface area (Å²) in [6.45, 7) is 1.24. The van der Waals surface area contributed by atoms with Crippen molar-refractivity contribution in [2.75, 3.05) is 13.2 Å². The van der Waals surface area contributed by atoms with Crippen molar-refractivity contribution in [3.05, 3.63) is 40.2 Å². The van der Waals surface area contributed by atoms with Crippen molar-refractivity contribution in [3.63, 3.8) is 0 Å². The van der Waals surface area contributed by atoms with Gasteiger partial charge in [0.25, 0.3) is 11.8 Å². The molecule has 3 rings (SSSR count). The first kappa shape index (κ1) is 21.4. The van der Waals surface area contributed by atoms with Crippen LogP contribution in [0.15, 0.2) is 33.5 Å². The van der Waals surface area contributed by atoms with Crippen LogP contribution >= 0.6 is 0 Å². The Kier molecular flexibility index (Phi) is 7.05. The minimum absolute atomic E-state index is 0.0373. The first-order valence-electron chi connectivity index (χ1n) is 9.95. The van der Waals surface area contributed by atoms with E-state index in [-0.39, 0.29) is 25.0 Å². The highest BCUT2D eigenvalue weighted by atomic mass is 16.5. The number of aryl methyl sites for hydroxylation is 1. The Labute approximate surface area is 173 Å². The SMILES string of the molecule is Cc1cc(=O)oc2cc(OCC(=O)NNC(=O)CNC(=O)C3CCCCC3)ccc12. The molecule has 2 aromatic rings. The van der Waals surface area contributed by atoms with Crippen molar-refractivity contribution in [2.24, 2.45) is 5.92 Å². The monoisotopic (exact) mass is 415 g/mol. The third-order valence-electron chi connectivity index (χ3n) is 5.03. The minimum atomic E-state index is -0.576. The molecule has 1 saturated carbocycles. The van der Waals surface area contributed by atoms with Crippen molar-refractivity contribution in [1.29, 1.82) is 0 Å². The van der Waals surface area contributed by atoms with E-state index in [9.17, 15) is 19.2 Å². The maximum atomic E-state index is 12.0. The Morgan fingerprint density at radius 2 is 1.80 bits per heavy atom. The van der Waals surface area contributed by atoms with Gasteiger partial charge in [-0.1, -0.05) is 19.3 Å². The molecule has 30 heavy (non-hydrogen) atoms. The van der Waals surface area contributed by atoms with Crippen LogP contribution < -0.4 is 26.5 Å². The van der Waals surface area contributed by atoms with E-state index in [0.29, 0.717) is 11.3 Å². The first-order valence-corrected chi connectivity index (χ1v) is 9.95. The summed E-state index contributed by atoms with van der Waals surface area (Å²) in [5, 5.41) is 3.36. The fourth-order valence-corrected chi connectivity index (χ4v) is 3.44. The average Bonchev–Trinajstić information content (AvgIpc) is 2.74. The van der Waals surface area contributed by atoms with Crippen LogP contribution in [0.25, 0.3) is 11.0 Å². The maximum absolute atomic E-state index is 12.0. The van der Waals surface area contributed by atoms with Crippen LogP contribution in [0.1, 0.15) is 37.7 Å². The van der Waals surface area contributed by atoms with Gasteiger partial charge in [0.15, 0.2) is 6.61 Å². The number of rotatable bonds is 6. The molecule has 0 saturated heterocycles. The Morgan fingerprint density at radius 3 is 2.57 bits per heavy atom. The lowest BCUT2D eigenvalue weighted by molar-refractivity contribution is -0.131. The smallest absolute Gasteiger partial charge is 0.336 e. The van der Waals surface area contributed by atoms with E-state index >= 15 is 0 Å². The molecule has 0 radical (unpaired) electrons. The maximum Gasteiger partial charge on any atom is 0.336 e. The molecule has 3 amide bonds. The Bertz CT molecular complexity index is 994. The number of carbonyl (C=O) groups is 3. The number of hydrogen-bond acceptors (Lipinski definition) is 6. The third-order valence-corrected chi connectivity index (χ3v) is 5.03.